The summed E-state index contributed by atoms with van der Waals surface area (Å²) in [6.07, 6.45) is -2.82. The number of fused-ring (bicyclic) bond motifs is 1. The summed E-state index contributed by atoms with van der Waals surface area (Å²) < 4.78 is 35.8. The van der Waals surface area contributed by atoms with Crippen molar-refractivity contribution in [1.82, 2.24) is 4.98 Å². The number of aromatic nitrogens is 1. The topological polar surface area (TPSA) is 174 Å². The molecule has 0 unspecified atom stereocenters. The number of pyridine rings is 1. The Morgan fingerprint density at radius 3 is 2.10 bits per heavy atom. The number of aliphatic hydroxyl groups is 1. The van der Waals surface area contributed by atoms with E-state index in [1.807, 2.05) is 0 Å². The number of carbonyl (C=O) groups excluding carboxylic acids is 5. The van der Waals surface area contributed by atoms with Crippen molar-refractivity contribution >= 4 is 29.8 Å². The minimum Gasteiger partial charge on any atom is -0.465 e. The molecule has 230 valence electrons. The SMILES string of the molecule is CC(=O)OC[C@]12[C@H](OC(C)=O)[C@H](OC(C)=O)C[C@@](C)(O)[C@@]13OC(C)(C)[C@@H](C[C@H]2OC(=O)c1cccnc1)[C@@H]3OC(C)=O. The first-order valence-electron chi connectivity index (χ1n) is 13.7. The standard InChI is InChI=1S/C29H37NO12/c1-15(31)37-14-28-22(41-25(35)19-9-8-10-30-13-19)11-20-23(39-17(3)33)29(28,42-26(20,5)6)27(7,36)12-21(38-16(2)32)24(28)40-18(4)34/h8-10,13,20-24,36H,11-12,14H2,1-7H3/t20-,21+,22+,23-,24+,27+,28-,29+/m0/s1. The zero-order valence-corrected chi connectivity index (χ0v) is 24.7. The fourth-order valence-electron chi connectivity index (χ4n) is 7.30. The molecule has 1 aliphatic heterocycles. The number of nitrogens with zero attached hydrogens (tertiary/aromatic N) is 1. The second-order valence-electron chi connectivity index (χ2n) is 11.9. The zero-order valence-electron chi connectivity index (χ0n) is 24.7. The molecule has 2 bridgehead atoms. The van der Waals surface area contributed by atoms with Gasteiger partial charge in [0.1, 0.15) is 30.3 Å². The van der Waals surface area contributed by atoms with E-state index in [1.165, 1.54) is 32.3 Å². The van der Waals surface area contributed by atoms with Crippen LogP contribution in [0.1, 0.15) is 71.7 Å². The second-order valence-corrected chi connectivity index (χ2v) is 11.9. The highest BCUT2D eigenvalue weighted by Gasteiger charge is 2.86. The lowest BCUT2D eigenvalue weighted by Gasteiger charge is -2.65. The Morgan fingerprint density at radius 1 is 0.929 bits per heavy atom. The van der Waals surface area contributed by atoms with Gasteiger partial charge in [-0.15, -0.1) is 0 Å². The van der Waals surface area contributed by atoms with E-state index in [0.717, 1.165) is 20.8 Å². The Hall–Kier alpha value is -3.58. The first-order valence-corrected chi connectivity index (χ1v) is 13.7. The van der Waals surface area contributed by atoms with Gasteiger partial charge in [-0.05, 0) is 39.3 Å². The summed E-state index contributed by atoms with van der Waals surface area (Å²) in [5, 5.41) is 12.4. The van der Waals surface area contributed by atoms with Crippen molar-refractivity contribution in [3.8, 4) is 0 Å². The third-order valence-electron chi connectivity index (χ3n) is 8.63. The van der Waals surface area contributed by atoms with Crippen LogP contribution < -0.4 is 0 Å². The number of hydrogen-bond donors (Lipinski definition) is 1. The normalized spacial score (nSPS) is 36.1. The molecule has 1 N–H and O–H groups in total. The maximum atomic E-state index is 13.5. The van der Waals surface area contributed by atoms with E-state index in [1.54, 1.807) is 19.9 Å². The highest BCUT2D eigenvalue weighted by Crippen LogP contribution is 2.69. The highest BCUT2D eigenvalue weighted by molar-refractivity contribution is 5.89. The van der Waals surface area contributed by atoms with Crippen molar-refractivity contribution in [3.63, 3.8) is 0 Å². The van der Waals surface area contributed by atoms with Crippen molar-refractivity contribution in [2.75, 3.05) is 6.61 Å². The molecular formula is C29H37NO12. The largest absolute Gasteiger partial charge is 0.465 e. The van der Waals surface area contributed by atoms with Gasteiger partial charge in [0.2, 0.25) is 0 Å². The summed E-state index contributed by atoms with van der Waals surface area (Å²) in [5.41, 5.74) is -6.93. The van der Waals surface area contributed by atoms with Crippen LogP contribution in [0.5, 0.6) is 0 Å². The van der Waals surface area contributed by atoms with E-state index >= 15 is 0 Å². The van der Waals surface area contributed by atoms with Crippen LogP contribution in [0.2, 0.25) is 0 Å². The van der Waals surface area contributed by atoms with Crippen LogP contribution >= 0.6 is 0 Å². The molecule has 13 heteroatoms. The van der Waals surface area contributed by atoms with E-state index < -0.39 is 89.0 Å². The Kier molecular flexibility index (Phi) is 8.15. The van der Waals surface area contributed by atoms with Crippen LogP contribution in [0.15, 0.2) is 24.5 Å². The zero-order chi connectivity index (χ0) is 31.3. The molecule has 1 aromatic rings. The van der Waals surface area contributed by atoms with Gasteiger partial charge in [0.15, 0.2) is 11.7 Å². The van der Waals surface area contributed by atoms with Gasteiger partial charge in [0.25, 0.3) is 0 Å². The Labute approximate surface area is 243 Å². The molecule has 2 heterocycles. The van der Waals surface area contributed by atoms with Crippen molar-refractivity contribution in [1.29, 1.82) is 0 Å². The van der Waals surface area contributed by atoms with Gasteiger partial charge in [-0.1, -0.05) is 0 Å². The lowest BCUT2D eigenvalue weighted by molar-refractivity contribution is -0.355. The molecule has 3 aliphatic rings. The fourth-order valence-corrected chi connectivity index (χ4v) is 7.30. The van der Waals surface area contributed by atoms with Gasteiger partial charge < -0.3 is 33.5 Å². The van der Waals surface area contributed by atoms with Crippen molar-refractivity contribution in [2.45, 2.75) is 103 Å². The number of rotatable bonds is 7. The molecule has 2 aliphatic carbocycles. The first kappa shape index (κ1) is 31.4. The molecular weight excluding hydrogens is 554 g/mol. The van der Waals surface area contributed by atoms with Crippen LogP contribution in [-0.2, 0) is 47.6 Å². The van der Waals surface area contributed by atoms with E-state index in [4.69, 9.17) is 28.4 Å². The van der Waals surface area contributed by atoms with E-state index in [9.17, 15) is 29.1 Å². The average Bonchev–Trinajstić information content (AvgIpc) is 3.03. The lowest BCUT2D eigenvalue weighted by atomic mass is 9.46. The maximum absolute atomic E-state index is 13.5. The molecule has 4 rings (SSSR count). The molecule has 8 atom stereocenters. The first-order chi connectivity index (χ1) is 19.5. The monoisotopic (exact) mass is 591 g/mol. The van der Waals surface area contributed by atoms with Gasteiger partial charge in [0, 0.05) is 52.4 Å². The minimum atomic E-state index is -2.00. The predicted octanol–water partition coefficient (Wildman–Crippen LogP) is 1.67. The lowest BCUT2D eigenvalue weighted by Crippen LogP contribution is -2.83. The van der Waals surface area contributed by atoms with Crippen LogP contribution in [0.4, 0.5) is 0 Å². The van der Waals surface area contributed by atoms with Gasteiger partial charge in [0.05, 0.1) is 16.8 Å². The minimum absolute atomic E-state index is 0.0272. The molecule has 1 saturated heterocycles. The summed E-state index contributed by atoms with van der Waals surface area (Å²) in [6.45, 7) is 8.90. The van der Waals surface area contributed by atoms with Crippen molar-refractivity contribution < 1.29 is 57.5 Å². The van der Waals surface area contributed by atoms with E-state index in [2.05, 4.69) is 4.98 Å². The molecule has 13 nitrogen and oxygen atoms in total. The summed E-state index contributed by atoms with van der Waals surface area (Å²) in [6, 6.07) is 3.04. The fraction of sp³-hybridized carbons (Fsp3) is 0.655. The van der Waals surface area contributed by atoms with Gasteiger partial charge in [-0.3, -0.25) is 24.2 Å². The molecule has 42 heavy (non-hydrogen) atoms. The Bertz CT molecular complexity index is 1260. The quantitative estimate of drug-likeness (QED) is 0.359. The number of esters is 5. The summed E-state index contributed by atoms with van der Waals surface area (Å²) in [7, 11) is 0. The predicted molar refractivity (Wildman–Crippen MR) is 140 cm³/mol. The van der Waals surface area contributed by atoms with E-state index in [0.29, 0.717) is 0 Å². The Balaban J connectivity index is 2.06. The summed E-state index contributed by atoms with van der Waals surface area (Å²) in [5.74, 6) is -4.40. The maximum Gasteiger partial charge on any atom is 0.340 e. The summed E-state index contributed by atoms with van der Waals surface area (Å²) >= 11 is 0. The number of hydrogen-bond acceptors (Lipinski definition) is 13. The summed E-state index contributed by atoms with van der Waals surface area (Å²) in [4.78, 5) is 67.2. The van der Waals surface area contributed by atoms with E-state index in [-0.39, 0.29) is 18.4 Å². The molecule has 0 aromatic carbocycles. The second kappa shape index (κ2) is 10.9. The molecule has 0 radical (unpaired) electrons. The van der Waals surface area contributed by atoms with Crippen molar-refractivity contribution in [2.24, 2.45) is 11.3 Å². The van der Waals surface area contributed by atoms with Gasteiger partial charge >= 0.3 is 29.8 Å². The van der Waals surface area contributed by atoms with Crippen LogP contribution in [0.3, 0.4) is 0 Å². The molecule has 0 amide bonds. The smallest absolute Gasteiger partial charge is 0.340 e. The highest BCUT2D eigenvalue weighted by atomic mass is 16.6. The molecule has 1 aromatic heterocycles. The van der Waals surface area contributed by atoms with Gasteiger partial charge in [-0.25, -0.2) is 4.79 Å². The third-order valence-corrected chi connectivity index (χ3v) is 8.63. The number of ether oxygens (including phenoxy) is 6. The molecule has 3 fully saturated rings. The molecule has 1 spiro atoms. The average molecular weight is 592 g/mol. The van der Waals surface area contributed by atoms with Crippen molar-refractivity contribution in [3.05, 3.63) is 30.1 Å². The number of carbonyl (C=O) groups is 5. The van der Waals surface area contributed by atoms with Crippen LogP contribution in [0, 0.1) is 11.3 Å². The van der Waals surface area contributed by atoms with Gasteiger partial charge in [-0.2, -0.15) is 0 Å². The van der Waals surface area contributed by atoms with Crippen LogP contribution in [-0.4, -0.2) is 87.8 Å². The Morgan fingerprint density at radius 2 is 1.55 bits per heavy atom. The van der Waals surface area contributed by atoms with Crippen LogP contribution in [0.25, 0.3) is 0 Å². The molecule has 2 saturated carbocycles. The third kappa shape index (κ3) is 5.02.